The summed E-state index contributed by atoms with van der Waals surface area (Å²) in [6.07, 6.45) is 6.97. The first-order valence-corrected chi connectivity index (χ1v) is 21.9. The number of carbonyl (C=O) groups is 4. The van der Waals surface area contributed by atoms with Crippen LogP contribution in [0.1, 0.15) is 112 Å². The van der Waals surface area contributed by atoms with Crippen molar-refractivity contribution in [3.05, 3.63) is 107 Å². The summed E-state index contributed by atoms with van der Waals surface area (Å²) in [5.74, 6) is -3.53. The molecule has 11 N–H and O–H groups in total. The molecule has 0 aromatic heterocycles. The van der Waals surface area contributed by atoms with Crippen molar-refractivity contribution in [1.82, 2.24) is 16.0 Å². The van der Waals surface area contributed by atoms with Gasteiger partial charge in [-0.2, -0.15) is 13.2 Å². The van der Waals surface area contributed by atoms with E-state index in [1.165, 1.54) is 11.1 Å². The second-order valence-corrected chi connectivity index (χ2v) is 16.5. The quantitative estimate of drug-likeness (QED) is 0.0386. The normalized spacial score (nSPS) is 16.0. The van der Waals surface area contributed by atoms with Crippen LogP contribution < -0.4 is 33.2 Å². The standard InChI is InChI=1S/C45H62N8O3.C2HF3O2/c46-41(47)36-25-23-31(24-26-36)30-38(34-18-9-3-10-19-34)42(54)53-40(35-20-11-4-12-21-35)44(56)52-39(22-13-28-51-45(48)49)43(55)50-29-27-37(32-14-5-1-6-15-32)33-16-7-2-8-17-33;3-2(4,5)1(6)7/h1-2,5-8,14-17,23-26,34-35,37-40H,3-4,9-13,18-22,27-30H2,(H3,46,47)(H,50,55)(H,52,56)(H,53,54)(H4,48,49,51);(H,6,7)/t38?,39-,40?;/m0./s1. The molecular formula is C47H63F3N8O5. The van der Waals surface area contributed by atoms with Gasteiger partial charge >= 0.3 is 12.1 Å². The molecule has 3 atom stereocenters. The second-order valence-electron chi connectivity index (χ2n) is 16.5. The van der Waals surface area contributed by atoms with Gasteiger partial charge in [-0.1, -0.05) is 123 Å². The zero-order chi connectivity index (χ0) is 45.8. The van der Waals surface area contributed by atoms with Gasteiger partial charge in [0.15, 0.2) is 5.96 Å². The van der Waals surface area contributed by atoms with Gasteiger partial charge in [0.25, 0.3) is 0 Å². The van der Waals surface area contributed by atoms with Gasteiger partial charge < -0.3 is 38.3 Å². The van der Waals surface area contributed by atoms with Crippen LogP contribution in [-0.4, -0.2) is 71.9 Å². The zero-order valence-corrected chi connectivity index (χ0v) is 35.8. The maximum atomic E-state index is 14.5. The zero-order valence-electron chi connectivity index (χ0n) is 35.8. The molecule has 2 saturated carbocycles. The van der Waals surface area contributed by atoms with Crippen molar-refractivity contribution in [1.29, 1.82) is 5.41 Å². The van der Waals surface area contributed by atoms with Crippen molar-refractivity contribution in [2.75, 3.05) is 13.1 Å². The molecular weight excluding hydrogens is 814 g/mol. The van der Waals surface area contributed by atoms with E-state index in [2.05, 4.69) is 45.2 Å². The van der Waals surface area contributed by atoms with Crippen LogP contribution in [0.3, 0.4) is 0 Å². The third-order valence-electron chi connectivity index (χ3n) is 11.9. The van der Waals surface area contributed by atoms with E-state index in [1.54, 1.807) is 0 Å². The Balaban J connectivity index is 0.00000115. The number of halogens is 3. The van der Waals surface area contributed by atoms with E-state index in [-0.39, 0.29) is 53.2 Å². The molecule has 2 fully saturated rings. The van der Waals surface area contributed by atoms with Crippen molar-refractivity contribution < 1.29 is 37.5 Å². The molecule has 2 aliphatic rings. The Morgan fingerprint density at radius 2 is 1.24 bits per heavy atom. The van der Waals surface area contributed by atoms with Crippen molar-refractivity contribution >= 4 is 35.5 Å². The Hall–Kier alpha value is -5.93. The maximum absolute atomic E-state index is 14.5. The van der Waals surface area contributed by atoms with Gasteiger partial charge in [-0.15, -0.1) is 0 Å². The summed E-state index contributed by atoms with van der Waals surface area (Å²) in [5.41, 5.74) is 20.8. The van der Waals surface area contributed by atoms with Crippen LogP contribution >= 0.6 is 0 Å². The fraction of sp³-hybridized carbons (Fsp3) is 0.489. The molecule has 16 heteroatoms. The van der Waals surface area contributed by atoms with Crippen LogP contribution in [0, 0.1) is 23.2 Å². The van der Waals surface area contributed by atoms with E-state index in [1.807, 2.05) is 60.7 Å². The number of guanidine groups is 1. The number of benzene rings is 3. The molecule has 0 saturated heterocycles. The smallest absolute Gasteiger partial charge is 0.475 e. The molecule has 0 heterocycles. The van der Waals surface area contributed by atoms with E-state index >= 15 is 0 Å². The summed E-state index contributed by atoms with van der Waals surface area (Å²) in [7, 11) is 0. The van der Waals surface area contributed by atoms with Crippen molar-refractivity contribution in [2.45, 2.75) is 114 Å². The monoisotopic (exact) mass is 876 g/mol. The van der Waals surface area contributed by atoms with Gasteiger partial charge in [0.2, 0.25) is 17.7 Å². The van der Waals surface area contributed by atoms with Crippen LogP contribution in [-0.2, 0) is 25.6 Å². The van der Waals surface area contributed by atoms with Gasteiger partial charge in [0.05, 0.1) is 0 Å². The lowest BCUT2D eigenvalue weighted by atomic mass is 9.76. The predicted octanol–water partition coefficient (Wildman–Crippen LogP) is 6.28. The molecule has 13 nitrogen and oxygen atoms in total. The lowest BCUT2D eigenvalue weighted by Gasteiger charge is -2.34. The third kappa shape index (κ3) is 16.7. The van der Waals surface area contributed by atoms with E-state index in [0.29, 0.717) is 44.3 Å². The summed E-state index contributed by atoms with van der Waals surface area (Å²) < 4.78 is 31.7. The summed E-state index contributed by atoms with van der Waals surface area (Å²) in [5, 5.41) is 24.4. The van der Waals surface area contributed by atoms with Gasteiger partial charge in [0.1, 0.15) is 17.9 Å². The largest absolute Gasteiger partial charge is 0.490 e. The highest BCUT2D eigenvalue weighted by atomic mass is 19.4. The number of hydrogen-bond acceptors (Lipinski definition) is 6. The van der Waals surface area contributed by atoms with Crippen LogP contribution in [0.25, 0.3) is 0 Å². The molecule has 0 radical (unpaired) electrons. The van der Waals surface area contributed by atoms with Crippen LogP contribution in [0.5, 0.6) is 0 Å². The molecule has 342 valence electrons. The SMILES string of the molecule is N=C(N)c1ccc(CC(C(=O)NC(C(=O)N[C@@H](CCCN=C(N)N)C(=O)NCCC(c2ccccc2)c2ccccc2)C2CCCCC2)C2CCCCC2)cc1.O=C(O)C(F)(F)F. The number of amides is 3. The van der Waals surface area contributed by atoms with E-state index in [0.717, 1.165) is 69.8 Å². The number of carboxylic acid groups (broad SMARTS) is 1. The minimum atomic E-state index is -5.08. The number of carbonyl (C=O) groups excluding carboxylic acids is 3. The van der Waals surface area contributed by atoms with E-state index in [9.17, 15) is 27.6 Å². The number of alkyl halides is 3. The molecule has 3 amide bonds. The molecule has 2 aliphatic carbocycles. The van der Waals surface area contributed by atoms with Gasteiger partial charge in [-0.25, -0.2) is 4.79 Å². The Kier molecular flexibility index (Phi) is 19.9. The fourth-order valence-electron chi connectivity index (χ4n) is 8.60. The van der Waals surface area contributed by atoms with E-state index < -0.39 is 24.2 Å². The first-order valence-electron chi connectivity index (χ1n) is 21.9. The molecule has 0 spiro atoms. The highest BCUT2D eigenvalue weighted by molar-refractivity contribution is 5.95. The number of amidine groups is 1. The fourth-order valence-corrected chi connectivity index (χ4v) is 8.60. The lowest BCUT2D eigenvalue weighted by molar-refractivity contribution is -0.192. The number of aliphatic imine (C=N–C) groups is 1. The first kappa shape index (κ1) is 49.7. The van der Waals surface area contributed by atoms with Gasteiger partial charge in [-0.3, -0.25) is 24.8 Å². The van der Waals surface area contributed by atoms with Crippen molar-refractivity contribution in [3.8, 4) is 0 Å². The number of hydrogen-bond donors (Lipinski definition) is 8. The number of carboxylic acids is 1. The van der Waals surface area contributed by atoms with Crippen LogP contribution in [0.4, 0.5) is 13.2 Å². The number of nitrogens with two attached hydrogens (primary N) is 3. The average Bonchev–Trinajstić information content (AvgIpc) is 3.28. The molecule has 3 aromatic rings. The summed E-state index contributed by atoms with van der Waals surface area (Å²) >= 11 is 0. The number of aliphatic carboxylic acids is 1. The Labute approximate surface area is 367 Å². The van der Waals surface area contributed by atoms with Crippen molar-refractivity contribution in [2.24, 2.45) is 39.9 Å². The molecule has 2 unspecified atom stereocenters. The summed E-state index contributed by atoms with van der Waals surface area (Å²) in [6, 6.07) is 26.5. The van der Waals surface area contributed by atoms with Gasteiger partial charge in [-0.05, 0) is 79.9 Å². The highest BCUT2D eigenvalue weighted by Crippen LogP contribution is 2.34. The average molecular weight is 877 g/mol. The Morgan fingerprint density at radius 3 is 1.73 bits per heavy atom. The highest BCUT2D eigenvalue weighted by Gasteiger charge is 2.39. The topological polar surface area (TPSA) is 239 Å². The predicted molar refractivity (Wildman–Crippen MR) is 238 cm³/mol. The minimum Gasteiger partial charge on any atom is -0.475 e. The number of rotatable bonds is 19. The second kappa shape index (κ2) is 25.2. The number of nitrogens with one attached hydrogen (secondary N) is 4. The summed E-state index contributed by atoms with van der Waals surface area (Å²) in [6.45, 7) is 0.734. The molecule has 5 rings (SSSR count). The molecule has 0 bridgehead atoms. The Morgan fingerprint density at radius 1 is 0.714 bits per heavy atom. The molecule has 3 aromatic carbocycles. The van der Waals surface area contributed by atoms with E-state index in [4.69, 9.17) is 32.5 Å². The Bertz CT molecular complexity index is 1890. The molecule has 0 aliphatic heterocycles. The lowest BCUT2D eigenvalue weighted by Crippen LogP contribution is -2.57. The number of nitrogen functional groups attached to an aromatic ring is 1. The number of nitrogens with zero attached hydrogens (tertiary/aromatic N) is 1. The minimum absolute atomic E-state index is 0.00578. The van der Waals surface area contributed by atoms with Crippen LogP contribution in [0.15, 0.2) is 89.9 Å². The first-order chi connectivity index (χ1) is 30.1. The van der Waals surface area contributed by atoms with Crippen molar-refractivity contribution in [3.63, 3.8) is 0 Å². The van der Waals surface area contributed by atoms with Crippen LogP contribution in [0.2, 0.25) is 0 Å². The third-order valence-corrected chi connectivity index (χ3v) is 11.9. The van der Waals surface area contributed by atoms with Gasteiger partial charge in [0, 0.05) is 30.5 Å². The maximum Gasteiger partial charge on any atom is 0.490 e. The molecule has 63 heavy (non-hydrogen) atoms. The summed E-state index contributed by atoms with van der Waals surface area (Å²) in [4.78, 5) is 55.8.